The molecule has 1 aliphatic heterocycles. The molecule has 4 rings (SSSR count). The van der Waals surface area contributed by atoms with Gasteiger partial charge in [-0.3, -0.25) is 4.79 Å². The molecule has 9 nitrogen and oxygen atoms in total. The Kier molecular flexibility index (Phi) is 8.02. The van der Waals surface area contributed by atoms with Gasteiger partial charge in [0.1, 0.15) is 30.3 Å². The van der Waals surface area contributed by atoms with Gasteiger partial charge in [-0.05, 0) is 49.7 Å². The predicted octanol–water partition coefficient (Wildman–Crippen LogP) is 3.97. The lowest BCUT2D eigenvalue weighted by Gasteiger charge is -2.16. The van der Waals surface area contributed by atoms with Crippen LogP contribution in [-0.4, -0.2) is 64.0 Å². The maximum absolute atomic E-state index is 13.9. The van der Waals surface area contributed by atoms with E-state index in [-0.39, 0.29) is 16.7 Å². The SMILES string of the molecule is Cc1cc(N=S(C)(=O)C2CCNC2)cc2ncnc(Nc3ccc(F)cc3OCC(=O)NCC(F)(F)F)c12. The summed E-state index contributed by atoms with van der Waals surface area (Å²) in [4.78, 5) is 20.3. The van der Waals surface area contributed by atoms with Gasteiger partial charge in [0.2, 0.25) is 0 Å². The van der Waals surface area contributed by atoms with Crippen LogP contribution in [0, 0.1) is 12.7 Å². The van der Waals surface area contributed by atoms with E-state index in [1.54, 1.807) is 23.7 Å². The third-order valence-corrected chi connectivity index (χ3v) is 8.09. The first-order chi connectivity index (χ1) is 17.9. The Morgan fingerprint density at radius 3 is 2.76 bits per heavy atom. The van der Waals surface area contributed by atoms with Crippen molar-refractivity contribution >= 4 is 43.7 Å². The molecular weight excluding hydrogens is 528 g/mol. The van der Waals surface area contributed by atoms with E-state index in [4.69, 9.17) is 4.74 Å². The number of fused-ring (bicyclic) bond motifs is 1. The smallest absolute Gasteiger partial charge is 0.405 e. The maximum atomic E-state index is 13.9. The fourth-order valence-electron chi connectivity index (χ4n) is 4.05. The fraction of sp³-hybridized carbons (Fsp3) is 0.375. The molecule has 3 aromatic rings. The summed E-state index contributed by atoms with van der Waals surface area (Å²) < 4.78 is 73.9. The van der Waals surface area contributed by atoms with Gasteiger partial charge in [-0.1, -0.05) is 0 Å². The van der Waals surface area contributed by atoms with Crippen LogP contribution in [0.25, 0.3) is 10.9 Å². The summed E-state index contributed by atoms with van der Waals surface area (Å²) in [5, 5.41) is 8.49. The minimum absolute atomic E-state index is 0.0476. The molecule has 2 atom stereocenters. The monoisotopic (exact) mass is 554 g/mol. The lowest BCUT2D eigenvalue weighted by atomic mass is 10.1. The summed E-state index contributed by atoms with van der Waals surface area (Å²) in [6, 6.07) is 6.99. The second kappa shape index (κ2) is 11.1. The van der Waals surface area contributed by atoms with Crippen LogP contribution in [0.1, 0.15) is 12.0 Å². The molecule has 3 N–H and O–H groups in total. The van der Waals surface area contributed by atoms with Crippen LogP contribution in [-0.2, 0) is 14.5 Å². The Balaban J connectivity index is 1.59. The molecule has 0 saturated carbocycles. The molecule has 0 bridgehead atoms. The molecule has 14 heteroatoms. The third-order valence-electron chi connectivity index (χ3n) is 5.88. The van der Waals surface area contributed by atoms with E-state index in [0.717, 1.165) is 30.7 Å². The summed E-state index contributed by atoms with van der Waals surface area (Å²) in [7, 11) is -2.49. The number of hydrogen-bond acceptors (Lipinski definition) is 8. The Labute approximate surface area is 216 Å². The first kappa shape index (κ1) is 27.5. The van der Waals surface area contributed by atoms with Gasteiger partial charge >= 0.3 is 6.18 Å². The number of nitrogens with one attached hydrogen (secondary N) is 3. The second-order valence-corrected chi connectivity index (χ2v) is 11.5. The van der Waals surface area contributed by atoms with Gasteiger partial charge < -0.3 is 20.7 Å². The van der Waals surface area contributed by atoms with Crippen LogP contribution in [0.15, 0.2) is 41.0 Å². The topological polar surface area (TPSA) is 118 Å². The van der Waals surface area contributed by atoms with E-state index >= 15 is 0 Å². The number of nitrogens with zero attached hydrogens (tertiary/aromatic N) is 3. The van der Waals surface area contributed by atoms with Gasteiger partial charge in [-0.25, -0.2) is 18.6 Å². The summed E-state index contributed by atoms with van der Waals surface area (Å²) in [6.07, 6.45) is -0.821. The normalized spacial score (nSPS) is 17.2. The third kappa shape index (κ3) is 6.86. The van der Waals surface area contributed by atoms with Crippen molar-refractivity contribution in [1.82, 2.24) is 20.6 Å². The number of halogens is 4. The van der Waals surface area contributed by atoms with Gasteiger partial charge in [0.05, 0.1) is 31.9 Å². The fourth-order valence-corrected chi connectivity index (χ4v) is 5.70. The Hall–Kier alpha value is -3.52. The molecule has 1 saturated heterocycles. The van der Waals surface area contributed by atoms with E-state index in [1.807, 2.05) is 6.92 Å². The van der Waals surface area contributed by atoms with E-state index < -0.39 is 40.8 Å². The number of aromatic nitrogens is 2. The molecule has 0 spiro atoms. The zero-order valence-corrected chi connectivity index (χ0v) is 21.4. The van der Waals surface area contributed by atoms with E-state index in [9.17, 15) is 26.6 Å². The maximum Gasteiger partial charge on any atom is 0.405 e. The highest BCUT2D eigenvalue weighted by atomic mass is 32.2. The van der Waals surface area contributed by atoms with E-state index in [2.05, 4.69) is 25.0 Å². The first-order valence-corrected chi connectivity index (χ1v) is 13.6. The number of ether oxygens (including phenoxy) is 1. The van der Waals surface area contributed by atoms with Crippen molar-refractivity contribution in [3.05, 3.63) is 48.0 Å². The lowest BCUT2D eigenvalue weighted by molar-refractivity contribution is -0.139. The van der Waals surface area contributed by atoms with Gasteiger partial charge in [0.15, 0.2) is 6.61 Å². The average Bonchev–Trinajstić information content (AvgIpc) is 3.38. The zero-order chi connectivity index (χ0) is 27.5. The minimum atomic E-state index is -4.57. The Bertz CT molecular complexity index is 1470. The lowest BCUT2D eigenvalue weighted by Crippen LogP contribution is -2.36. The van der Waals surface area contributed by atoms with E-state index in [1.165, 1.54) is 12.4 Å². The van der Waals surface area contributed by atoms with Gasteiger partial charge in [-0.2, -0.15) is 17.5 Å². The van der Waals surface area contributed by atoms with Gasteiger partial charge in [-0.15, -0.1) is 0 Å². The molecule has 1 aliphatic rings. The summed E-state index contributed by atoms with van der Waals surface area (Å²) in [6.45, 7) is 1.01. The molecule has 1 fully saturated rings. The van der Waals surface area contributed by atoms with Gasteiger partial charge in [0, 0.05) is 24.3 Å². The number of amides is 1. The number of anilines is 2. The van der Waals surface area contributed by atoms with Crippen LogP contribution in [0.2, 0.25) is 0 Å². The highest BCUT2D eigenvalue weighted by molar-refractivity contribution is 7.93. The van der Waals surface area contributed by atoms with Crippen LogP contribution in [0.4, 0.5) is 34.8 Å². The molecule has 1 amide bonds. The number of alkyl halides is 3. The zero-order valence-electron chi connectivity index (χ0n) is 20.6. The predicted molar refractivity (Wildman–Crippen MR) is 136 cm³/mol. The van der Waals surface area contributed by atoms with Crippen LogP contribution in [0.5, 0.6) is 5.75 Å². The summed E-state index contributed by atoms with van der Waals surface area (Å²) >= 11 is 0. The van der Waals surface area contributed by atoms with Crippen LogP contribution in [0.3, 0.4) is 0 Å². The molecule has 0 radical (unpaired) electrons. The number of rotatable bonds is 8. The molecule has 1 aromatic heterocycles. The summed E-state index contributed by atoms with van der Waals surface area (Å²) in [5.41, 5.74) is 2.01. The number of benzene rings is 2. The Morgan fingerprint density at radius 1 is 1.26 bits per heavy atom. The van der Waals surface area contributed by atoms with Crippen LogP contribution < -0.4 is 20.7 Å². The second-order valence-electron chi connectivity index (χ2n) is 8.89. The molecule has 0 aliphatic carbocycles. The van der Waals surface area contributed by atoms with Crippen molar-refractivity contribution in [2.24, 2.45) is 4.36 Å². The number of carbonyl (C=O) groups excluding carboxylic acids is 1. The molecule has 204 valence electrons. The van der Waals surface area contributed by atoms with Crippen molar-refractivity contribution in [3.63, 3.8) is 0 Å². The largest absolute Gasteiger partial charge is 0.481 e. The van der Waals surface area contributed by atoms with Crippen LogP contribution >= 0.6 is 0 Å². The van der Waals surface area contributed by atoms with Crippen molar-refractivity contribution in [2.75, 3.05) is 37.8 Å². The Morgan fingerprint density at radius 2 is 2.05 bits per heavy atom. The summed E-state index contributed by atoms with van der Waals surface area (Å²) in [5.74, 6) is -1.44. The quantitative estimate of drug-likeness (QED) is 0.361. The van der Waals surface area contributed by atoms with E-state index in [0.29, 0.717) is 29.0 Å². The first-order valence-electron chi connectivity index (χ1n) is 11.6. The molecule has 2 unspecified atom stereocenters. The standard InChI is InChI=1S/C24H26F4N6O3S/c1-14-7-16(34-38(2,36)17-5-6-29-10-17)9-19-22(14)23(32-13-31-19)33-18-4-3-15(25)8-20(18)37-11-21(35)30-12-24(26,27)28/h3-4,7-9,13,17,29H,5-6,10-12H2,1-2H3,(H,30,35)(H,31,32,33). The average molecular weight is 555 g/mol. The molecule has 38 heavy (non-hydrogen) atoms. The van der Waals surface area contributed by atoms with Crippen molar-refractivity contribution in [3.8, 4) is 5.75 Å². The molecular formula is C24H26F4N6O3S. The number of carbonyl (C=O) groups is 1. The highest BCUT2D eigenvalue weighted by Gasteiger charge is 2.28. The molecule has 2 aromatic carbocycles. The minimum Gasteiger partial charge on any atom is -0.481 e. The van der Waals surface area contributed by atoms with Crippen molar-refractivity contribution in [2.45, 2.75) is 24.8 Å². The number of aryl methyl sites for hydroxylation is 1. The molecule has 2 heterocycles. The van der Waals surface area contributed by atoms with Crippen molar-refractivity contribution < 1.29 is 31.3 Å². The number of hydrogen-bond donors (Lipinski definition) is 3. The van der Waals surface area contributed by atoms with Crippen molar-refractivity contribution in [1.29, 1.82) is 0 Å². The van der Waals surface area contributed by atoms with Gasteiger partial charge in [0.25, 0.3) is 5.91 Å². The highest BCUT2D eigenvalue weighted by Crippen LogP contribution is 2.34.